The summed E-state index contributed by atoms with van der Waals surface area (Å²) < 4.78 is 16.8. The lowest BCUT2D eigenvalue weighted by molar-refractivity contribution is 0.375. The largest absolute Gasteiger partial charge is 0.480 e. The molecule has 0 saturated carbocycles. The van der Waals surface area contributed by atoms with Crippen LogP contribution in [0.4, 0.5) is 0 Å². The van der Waals surface area contributed by atoms with Crippen molar-refractivity contribution in [1.29, 1.82) is 0 Å². The minimum absolute atomic E-state index is 0.170. The van der Waals surface area contributed by atoms with Crippen molar-refractivity contribution < 1.29 is 9.47 Å². The van der Waals surface area contributed by atoms with Crippen LogP contribution < -0.4 is 9.47 Å². The fourth-order valence-corrected chi connectivity index (χ4v) is 8.37. The molecule has 0 saturated heterocycles. The maximum atomic E-state index is 6.22. The number of nitrogens with zero attached hydrogens (tertiary/aromatic N) is 2. The van der Waals surface area contributed by atoms with E-state index in [0.717, 1.165) is 98.9 Å². The van der Waals surface area contributed by atoms with Gasteiger partial charge < -0.3 is 18.6 Å². The molecular formula is C50H32N2O2. The van der Waals surface area contributed by atoms with Gasteiger partial charge in [0.1, 0.15) is 24.7 Å². The molecule has 0 bridgehead atoms. The zero-order valence-corrected chi connectivity index (χ0v) is 29.4. The van der Waals surface area contributed by atoms with Crippen molar-refractivity contribution in [3.63, 3.8) is 0 Å². The second-order valence-electron chi connectivity index (χ2n) is 13.1. The fourth-order valence-electron chi connectivity index (χ4n) is 8.37. The lowest BCUT2D eigenvalue weighted by Gasteiger charge is -2.20. The summed E-state index contributed by atoms with van der Waals surface area (Å²) in [7, 11) is 0. The van der Waals surface area contributed by atoms with Gasteiger partial charge in [0.05, 0.1) is 35.2 Å². The van der Waals surface area contributed by atoms with Crippen LogP contribution >= 0.6 is 0 Å². The van der Waals surface area contributed by atoms with E-state index in [0.29, 0.717) is 13.1 Å². The Hall–Kier alpha value is -7.50. The molecule has 0 N–H and O–H groups in total. The molecule has 2 aromatic heterocycles. The Balaban J connectivity index is 1.59. The minimum Gasteiger partial charge on any atom is -0.480 e. The average Bonchev–Trinajstić information content (AvgIpc) is 3.71. The van der Waals surface area contributed by atoms with Gasteiger partial charge in [-0.2, -0.15) is 0 Å². The van der Waals surface area contributed by atoms with Gasteiger partial charge in [0, 0.05) is 43.4 Å². The van der Waals surface area contributed by atoms with Crippen LogP contribution in [0.5, 0.6) is 11.5 Å². The van der Waals surface area contributed by atoms with Crippen LogP contribution in [0.15, 0.2) is 121 Å². The average molecular weight is 693 g/mol. The SMILES string of the molecule is C#CCOc1ccc(-c2c3c4ccccc4n(CC#C)c3c(-c3ccc(OCC#C)c4ccccc34)c3c4ccccc4n(CC#C)c23)c2ccccc12. The van der Waals surface area contributed by atoms with Crippen LogP contribution in [-0.2, 0) is 13.1 Å². The maximum absolute atomic E-state index is 6.22. The van der Waals surface area contributed by atoms with Crippen molar-refractivity contribution in [3.8, 4) is 83.1 Å². The van der Waals surface area contributed by atoms with E-state index in [9.17, 15) is 0 Å². The molecule has 0 aliphatic heterocycles. The normalized spacial score (nSPS) is 11.2. The summed E-state index contributed by atoms with van der Waals surface area (Å²) in [6.45, 7) is 1.07. The van der Waals surface area contributed by atoms with Gasteiger partial charge >= 0.3 is 0 Å². The highest BCUT2D eigenvalue weighted by molar-refractivity contribution is 6.34. The van der Waals surface area contributed by atoms with Crippen LogP contribution in [0.3, 0.4) is 0 Å². The summed E-state index contributed by atoms with van der Waals surface area (Å²) >= 11 is 0. The number of terminal acetylenes is 4. The second kappa shape index (κ2) is 13.2. The predicted molar refractivity (Wildman–Crippen MR) is 225 cm³/mol. The van der Waals surface area contributed by atoms with Gasteiger partial charge in [-0.15, -0.1) is 25.7 Å². The molecule has 0 aliphatic rings. The molecule has 54 heavy (non-hydrogen) atoms. The first-order valence-corrected chi connectivity index (χ1v) is 17.7. The first kappa shape index (κ1) is 32.4. The molecular weight excluding hydrogens is 661 g/mol. The number of para-hydroxylation sites is 2. The molecule has 4 nitrogen and oxygen atoms in total. The summed E-state index contributed by atoms with van der Waals surface area (Å²) in [5.74, 6) is 12.7. The molecule has 0 atom stereocenters. The lowest BCUT2D eigenvalue weighted by atomic mass is 9.86. The van der Waals surface area contributed by atoms with Crippen LogP contribution in [0.2, 0.25) is 0 Å². The Labute approximate surface area is 313 Å². The molecule has 0 amide bonds. The standard InChI is InChI=1S/C50H32N2O2/c1-5-29-51-41-23-15-13-21-39(41)47-46(38-26-28-44(54-32-8-4)36-20-12-10-18-34(36)38)50-48(40-22-14-16-24-42(40)52(50)30-6-2)45(49(47)51)37-25-27-43(53-31-7-3)35-19-11-9-17-33(35)37/h1-4,9-28H,29-32H2. The van der Waals surface area contributed by atoms with E-state index in [1.54, 1.807) is 0 Å². The van der Waals surface area contributed by atoms with Gasteiger partial charge in [-0.25, -0.2) is 0 Å². The van der Waals surface area contributed by atoms with Crippen LogP contribution in [0.1, 0.15) is 0 Å². The van der Waals surface area contributed by atoms with E-state index in [1.807, 2.05) is 24.3 Å². The van der Waals surface area contributed by atoms with Crippen molar-refractivity contribution in [2.24, 2.45) is 0 Å². The summed E-state index contributed by atoms with van der Waals surface area (Å²) in [4.78, 5) is 0. The monoisotopic (exact) mass is 692 g/mol. The molecule has 9 rings (SSSR count). The smallest absolute Gasteiger partial charge is 0.148 e. The van der Waals surface area contributed by atoms with Crippen LogP contribution in [-0.4, -0.2) is 22.3 Å². The quantitative estimate of drug-likeness (QED) is 0.148. The van der Waals surface area contributed by atoms with Gasteiger partial charge in [0.15, 0.2) is 0 Å². The Morgan fingerprint density at radius 2 is 0.778 bits per heavy atom. The van der Waals surface area contributed by atoms with E-state index in [2.05, 4.69) is 130 Å². The van der Waals surface area contributed by atoms with Gasteiger partial charge in [0.25, 0.3) is 0 Å². The van der Waals surface area contributed by atoms with Gasteiger partial charge in [0.2, 0.25) is 0 Å². The fraction of sp³-hybridized carbons (Fsp3) is 0.0800. The summed E-state index contributed by atoms with van der Waals surface area (Å²) in [5, 5.41) is 8.37. The highest BCUT2D eigenvalue weighted by Gasteiger charge is 2.29. The van der Waals surface area contributed by atoms with E-state index < -0.39 is 0 Å². The van der Waals surface area contributed by atoms with E-state index in [4.69, 9.17) is 35.2 Å². The molecule has 254 valence electrons. The Bertz CT molecular complexity index is 2950. The van der Waals surface area contributed by atoms with Crippen LogP contribution in [0, 0.1) is 49.4 Å². The number of hydrogen-bond donors (Lipinski definition) is 0. The van der Waals surface area contributed by atoms with E-state index in [-0.39, 0.29) is 13.2 Å². The first-order chi connectivity index (χ1) is 26.7. The molecule has 0 aliphatic carbocycles. The summed E-state index contributed by atoms with van der Waals surface area (Å²) in [6, 6.07) is 42.0. The van der Waals surface area contributed by atoms with Crippen molar-refractivity contribution in [2.75, 3.05) is 13.2 Å². The van der Waals surface area contributed by atoms with Crippen molar-refractivity contribution in [2.45, 2.75) is 13.1 Å². The molecule has 9 aromatic rings. The molecule has 4 heteroatoms. The van der Waals surface area contributed by atoms with Crippen molar-refractivity contribution >= 4 is 65.2 Å². The summed E-state index contributed by atoms with van der Waals surface area (Å²) in [6.07, 6.45) is 23.7. The van der Waals surface area contributed by atoms with Gasteiger partial charge in [-0.05, 0) is 58.3 Å². The minimum atomic E-state index is 0.170. The third-order valence-corrected chi connectivity index (χ3v) is 10.3. The van der Waals surface area contributed by atoms with Gasteiger partial charge in [-0.1, -0.05) is 109 Å². The Morgan fingerprint density at radius 1 is 0.407 bits per heavy atom. The predicted octanol–water partition coefficient (Wildman–Crippen LogP) is 10.8. The number of rotatable bonds is 8. The van der Waals surface area contributed by atoms with Crippen molar-refractivity contribution in [1.82, 2.24) is 9.13 Å². The molecule has 0 fully saturated rings. The third kappa shape index (κ3) is 4.80. The van der Waals surface area contributed by atoms with Gasteiger partial charge in [-0.3, -0.25) is 0 Å². The second-order valence-corrected chi connectivity index (χ2v) is 13.1. The Morgan fingerprint density at radius 3 is 1.17 bits per heavy atom. The molecule has 7 aromatic carbocycles. The highest BCUT2D eigenvalue weighted by Crippen LogP contribution is 2.53. The first-order valence-electron chi connectivity index (χ1n) is 17.7. The summed E-state index contributed by atoms with van der Waals surface area (Å²) in [5.41, 5.74) is 8.41. The van der Waals surface area contributed by atoms with Crippen molar-refractivity contribution in [3.05, 3.63) is 121 Å². The van der Waals surface area contributed by atoms with Crippen LogP contribution in [0.25, 0.3) is 87.4 Å². The molecule has 0 radical (unpaired) electrons. The highest BCUT2D eigenvalue weighted by atomic mass is 16.5. The zero-order chi connectivity index (χ0) is 36.8. The number of hydrogen-bond acceptors (Lipinski definition) is 2. The van der Waals surface area contributed by atoms with E-state index in [1.165, 1.54) is 0 Å². The maximum Gasteiger partial charge on any atom is 0.148 e. The molecule has 0 unspecified atom stereocenters. The Kier molecular flexibility index (Phi) is 7.95. The molecule has 2 heterocycles. The lowest BCUT2D eigenvalue weighted by Crippen LogP contribution is -2.01. The number of ether oxygens (including phenoxy) is 2. The number of benzene rings is 7. The van der Waals surface area contributed by atoms with E-state index >= 15 is 0 Å². The molecule has 0 spiro atoms. The number of aromatic nitrogens is 2. The number of fused-ring (bicyclic) bond motifs is 8. The third-order valence-electron chi connectivity index (χ3n) is 10.3. The zero-order valence-electron chi connectivity index (χ0n) is 29.4. The topological polar surface area (TPSA) is 28.3 Å².